The SMILES string of the molecule is O=S(=O)(c1cccc(S(=O)(=O)N2CCNCC2)c1)N1CCCCCC1. The number of hydrogen-bond donors (Lipinski definition) is 1. The number of hydrogen-bond acceptors (Lipinski definition) is 5. The van der Waals surface area contributed by atoms with Crippen molar-refractivity contribution in [2.75, 3.05) is 39.3 Å². The Hall–Kier alpha value is -1.00. The van der Waals surface area contributed by atoms with Crippen molar-refractivity contribution in [3.63, 3.8) is 0 Å². The number of nitrogens with one attached hydrogen (secondary N) is 1. The molecule has 3 rings (SSSR count). The summed E-state index contributed by atoms with van der Waals surface area (Å²) in [6.07, 6.45) is 3.75. The van der Waals surface area contributed by atoms with Crippen LogP contribution in [0.5, 0.6) is 0 Å². The van der Waals surface area contributed by atoms with E-state index in [9.17, 15) is 16.8 Å². The summed E-state index contributed by atoms with van der Waals surface area (Å²) in [6, 6.07) is 5.77. The zero-order valence-corrected chi connectivity index (χ0v) is 15.9. The number of nitrogens with zero attached hydrogens (tertiary/aromatic N) is 2. The highest BCUT2D eigenvalue weighted by molar-refractivity contribution is 7.90. The maximum Gasteiger partial charge on any atom is 0.243 e. The molecule has 25 heavy (non-hydrogen) atoms. The van der Waals surface area contributed by atoms with E-state index in [-0.39, 0.29) is 9.79 Å². The molecule has 7 nitrogen and oxygen atoms in total. The van der Waals surface area contributed by atoms with Crippen LogP contribution in [0.2, 0.25) is 0 Å². The van der Waals surface area contributed by atoms with Crippen molar-refractivity contribution < 1.29 is 16.8 Å². The molecule has 0 amide bonds. The lowest BCUT2D eigenvalue weighted by atomic mass is 10.2. The van der Waals surface area contributed by atoms with E-state index >= 15 is 0 Å². The molecule has 0 unspecified atom stereocenters. The van der Waals surface area contributed by atoms with Crippen molar-refractivity contribution in [2.45, 2.75) is 35.5 Å². The van der Waals surface area contributed by atoms with Crippen LogP contribution in [0.25, 0.3) is 0 Å². The van der Waals surface area contributed by atoms with Crippen molar-refractivity contribution in [2.24, 2.45) is 0 Å². The zero-order valence-electron chi connectivity index (χ0n) is 14.2. The molecule has 0 bridgehead atoms. The van der Waals surface area contributed by atoms with Crippen LogP contribution >= 0.6 is 0 Å². The molecule has 9 heteroatoms. The molecule has 140 valence electrons. The van der Waals surface area contributed by atoms with Gasteiger partial charge in [0.1, 0.15) is 0 Å². The van der Waals surface area contributed by atoms with Gasteiger partial charge in [0.25, 0.3) is 0 Å². The van der Waals surface area contributed by atoms with E-state index in [1.165, 1.54) is 32.9 Å². The highest BCUT2D eigenvalue weighted by Gasteiger charge is 2.29. The van der Waals surface area contributed by atoms with E-state index < -0.39 is 20.0 Å². The fraction of sp³-hybridized carbons (Fsp3) is 0.625. The van der Waals surface area contributed by atoms with Gasteiger partial charge >= 0.3 is 0 Å². The first kappa shape index (κ1) is 18.8. The standard InChI is InChI=1S/C16H25N3O4S2/c20-24(21,18-10-3-1-2-4-11-18)15-6-5-7-16(14-15)25(22,23)19-12-8-17-9-13-19/h5-7,14,17H,1-4,8-13H2. The van der Waals surface area contributed by atoms with Crippen LogP contribution in [-0.2, 0) is 20.0 Å². The first-order chi connectivity index (χ1) is 11.9. The van der Waals surface area contributed by atoms with Gasteiger partial charge < -0.3 is 5.32 Å². The van der Waals surface area contributed by atoms with Crippen LogP contribution in [0.1, 0.15) is 25.7 Å². The monoisotopic (exact) mass is 387 g/mol. The molecule has 1 N–H and O–H groups in total. The van der Waals surface area contributed by atoms with Crippen LogP contribution in [0.3, 0.4) is 0 Å². The second-order valence-corrected chi connectivity index (χ2v) is 10.3. The summed E-state index contributed by atoms with van der Waals surface area (Å²) < 4.78 is 54.3. The summed E-state index contributed by atoms with van der Waals surface area (Å²) in [4.78, 5) is 0.107. The molecular weight excluding hydrogens is 362 g/mol. The number of benzene rings is 1. The van der Waals surface area contributed by atoms with Gasteiger partial charge in [-0.1, -0.05) is 18.9 Å². The minimum atomic E-state index is -3.67. The lowest BCUT2D eigenvalue weighted by Gasteiger charge is -2.27. The third kappa shape index (κ3) is 4.06. The van der Waals surface area contributed by atoms with Crippen LogP contribution in [0.15, 0.2) is 34.1 Å². The minimum Gasteiger partial charge on any atom is -0.314 e. The Bertz CT molecular complexity index is 794. The number of sulfonamides is 2. The van der Waals surface area contributed by atoms with Gasteiger partial charge in [0.2, 0.25) is 20.0 Å². The fourth-order valence-corrected chi connectivity index (χ4v) is 6.39. The molecule has 0 atom stereocenters. The Balaban J connectivity index is 1.90. The molecule has 2 aliphatic heterocycles. The van der Waals surface area contributed by atoms with Gasteiger partial charge in [-0.25, -0.2) is 16.8 Å². The molecule has 2 heterocycles. The second kappa shape index (κ2) is 7.71. The summed E-state index contributed by atoms with van der Waals surface area (Å²) in [5.74, 6) is 0. The van der Waals surface area contributed by atoms with Crippen LogP contribution in [-0.4, -0.2) is 64.7 Å². The highest BCUT2D eigenvalue weighted by atomic mass is 32.2. The van der Waals surface area contributed by atoms with Crippen molar-refractivity contribution in [3.05, 3.63) is 24.3 Å². The largest absolute Gasteiger partial charge is 0.314 e. The molecule has 2 aliphatic rings. The van der Waals surface area contributed by atoms with Crippen molar-refractivity contribution in [1.29, 1.82) is 0 Å². The van der Waals surface area contributed by atoms with Gasteiger partial charge in [-0.2, -0.15) is 8.61 Å². The third-order valence-corrected chi connectivity index (χ3v) is 8.51. The molecule has 1 aromatic rings. The highest BCUT2D eigenvalue weighted by Crippen LogP contribution is 2.24. The van der Waals surface area contributed by atoms with E-state index in [4.69, 9.17) is 0 Å². The van der Waals surface area contributed by atoms with Crippen LogP contribution < -0.4 is 5.32 Å². The Morgan fingerprint density at radius 2 is 1.20 bits per heavy atom. The van der Waals surface area contributed by atoms with E-state index in [0.717, 1.165) is 25.7 Å². The van der Waals surface area contributed by atoms with Crippen LogP contribution in [0, 0.1) is 0 Å². The first-order valence-corrected chi connectivity index (χ1v) is 11.6. The number of rotatable bonds is 4. The van der Waals surface area contributed by atoms with Crippen molar-refractivity contribution in [3.8, 4) is 0 Å². The molecule has 1 aromatic carbocycles. The molecule has 0 aromatic heterocycles. The first-order valence-electron chi connectivity index (χ1n) is 8.73. The Morgan fingerprint density at radius 3 is 1.72 bits per heavy atom. The molecule has 0 aliphatic carbocycles. The smallest absolute Gasteiger partial charge is 0.243 e. The lowest BCUT2D eigenvalue weighted by Crippen LogP contribution is -2.46. The van der Waals surface area contributed by atoms with Gasteiger partial charge in [-0.15, -0.1) is 0 Å². The Labute approximate surface area is 150 Å². The quantitative estimate of drug-likeness (QED) is 0.827. The molecule has 0 spiro atoms. The zero-order chi connectivity index (χ0) is 17.9. The normalized spacial score (nSPS) is 21.8. The lowest BCUT2D eigenvalue weighted by molar-refractivity contribution is 0.360. The van der Waals surface area contributed by atoms with Crippen LogP contribution in [0.4, 0.5) is 0 Å². The second-order valence-electron chi connectivity index (χ2n) is 6.45. The van der Waals surface area contributed by atoms with Crippen molar-refractivity contribution in [1.82, 2.24) is 13.9 Å². The molecule has 0 radical (unpaired) electrons. The summed E-state index contributed by atoms with van der Waals surface area (Å²) in [5, 5.41) is 3.11. The topological polar surface area (TPSA) is 86.8 Å². The van der Waals surface area contributed by atoms with E-state index in [1.54, 1.807) is 0 Å². The Morgan fingerprint density at radius 1 is 0.720 bits per heavy atom. The molecule has 0 saturated carbocycles. The third-order valence-electron chi connectivity index (χ3n) is 4.72. The number of piperazine rings is 1. The molecule has 2 fully saturated rings. The average molecular weight is 388 g/mol. The summed E-state index contributed by atoms with van der Waals surface area (Å²) in [5.41, 5.74) is 0. The van der Waals surface area contributed by atoms with Crippen molar-refractivity contribution >= 4 is 20.0 Å². The Kier molecular flexibility index (Phi) is 5.79. The summed E-state index contributed by atoms with van der Waals surface area (Å²) in [7, 11) is -7.33. The fourth-order valence-electron chi connectivity index (χ4n) is 3.26. The van der Waals surface area contributed by atoms with E-state index in [0.29, 0.717) is 39.3 Å². The molecule has 2 saturated heterocycles. The van der Waals surface area contributed by atoms with Gasteiger partial charge in [-0.3, -0.25) is 0 Å². The van der Waals surface area contributed by atoms with Gasteiger partial charge in [0.15, 0.2) is 0 Å². The maximum absolute atomic E-state index is 12.9. The average Bonchev–Trinajstić information content (AvgIpc) is 2.92. The predicted molar refractivity (Wildman–Crippen MR) is 95.3 cm³/mol. The van der Waals surface area contributed by atoms with E-state index in [2.05, 4.69) is 5.32 Å². The summed E-state index contributed by atoms with van der Waals surface area (Å²) >= 11 is 0. The van der Waals surface area contributed by atoms with Gasteiger partial charge in [0.05, 0.1) is 9.79 Å². The summed E-state index contributed by atoms with van der Waals surface area (Å²) in [6.45, 7) is 2.99. The predicted octanol–water partition coefficient (Wildman–Crippen LogP) is 0.845. The van der Waals surface area contributed by atoms with Gasteiger partial charge in [-0.05, 0) is 31.0 Å². The molecular formula is C16H25N3O4S2. The van der Waals surface area contributed by atoms with Gasteiger partial charge in [0, 0.05) is 39.3 Å². The van der Waals surface area contributed by atoms with E-state index in [1.807, 2.05) is 0 Å². The minimum absolute atomic E-state index is 0.0466. The maximum atomic E-state index is 12.9.